The van der Waals surface area contributed by atoms with Crippen molar-refractivity contribution in [3.05, 3.63) is 0 Å². The molecule has 0 radical (unpaired) electrons. The summed E-state index contributed by atoms with van der Waals surface area (Å²) in [6.45, 7) is 1.80. The summed E-state index contributed by atoms with van der Waals surface area (Å²) in [5.74, 6) is 0.266. The smallest absolute Gasteiger partial charge is 0.0672 e. The van der Waals surface area contributed by atoms with Gasteiger partial charge in [-0.2, -0.15) is 5.26 Å². The fourth-order valence-electron chi connectivity index (χ4n) is 2.71. The van der Waals surface area contributed by atoms with E-state index in [-0.39, 0.29) is 5.92 Å². The minimum atomic E-state index is 0.266. The molecule has 2 aliphatic rings. The van der Waals surface area contributed by atoms with Gasteiger partial charge in [-0.1, -0.05) is 6.42 Å². The normalized spacial score (nSPS) is 30.7. The van der Waals surface area contributed by atoms with E-state index in [0.717, 1.165) is 25.6 Å². The van der Waals surface area contributed by atoms with Crippen molar-refractivity contribution in [2.24, 2.45) is 5.92 Å². The molecule has 0 aromatic rings. The largest absolute Gasteiger partial charge is 0.383 e. The lowest BCUT2D eigenvalue weighted by Gasteiger charge is -2.30. The first-order valence-corrected chi connectivity index (χ1v) is 6.01. The fraction of sp³-hybridized carbons (Fsp3) is 0.917. The van der Waals surface area contributed by atoms with Gasteiger partial charge in [0.1, 0.15) is 0 Å². The highest BCUT2D eigenvalue weighted by Crippen LogP contribution is 2.36. The molecule has 2 atom stereocenters. The number of ether oxygens (including phenoxy) is 1. The van der Waals surface area contributed by atoms with Gasteiger partial charge in [0.25, 0.3) is 0 Å². The standard InChI is InChI=1S/C12H20N2O/c1-15-8-7-14(11-5-6-11)12-4-2-3-10(12)9-13/h10-12H,2-8H2,1H3. The maximum Gasteiger partial charge on any atom is 0.0672 e. The number of methoxy groups -OCH3 is 1. The molecular weight excluding hydrogens is 188 g/mol. The van der Waals surface area contributed by atoms with Gasteiger partial charge in [-0.25, -0.2) is 0 Å². The van der Waals surface area contributed by atoms with E-state index in [0.29, 0.717) is 6.04 Å². The Kier molecular flexibility index (Phi) is 3.61. The van der Waals surface area contributed by atoms with Crippen molar-refractivity contribution in [3.63, 3.8) is 0 Å². The lowest BCUT2D eigenvalue weighted by molar-refractivity contribution is 0.105. The first-order chi connectivity index (χ1) is 7.36. The van der Waals surface area contributed by atoms with Crippen LogP contribution < -0.4 is 0 Å². The molecule has 3 nitrogen and oxygen atoms in total. The SMILES string of the molecule is COCCN(C1CC1)C1CCCC1C#N. The van der Waals surface area contributed by atoms with Crippen LogP contribution in [0.4, 0.5) is 0 Å². The second-order valence-corrected chi connectivity index (χ2v) is 4.70. The van der Waals surface area contributed by atoms with Crippen LogP contribution in [-0.4, -0.2) is 37.2 Å². The molecule has 15 heavy (non-hydrogen) atoms. The summed E-state index contributed by atoms with van der Waals surface area (Å²) in [6.07, 6.45) is 6.16. The highest BCUT2D eigenvalue weighted by Gasteiger charge is 2.39. The zero-order valence-electron chi connectivity index (χ0n) is 9.48. The predicted octanol–water partition coefficient (Wildman–Crippen LogP) is 1.79. The molecule has 84 valence electrons. The van der Waals surface area contributed by atoms with Gasteiger partial charge >= 0.3 is 0 Å². The Labute approximate surface area is 92.0 Å². The van der Waals surface area contributed by atoms with Crippen molar-refractivity contribution in [1.82, 2.24) is 4.90 Å². The number of rotatable bonds is 5. The van der Waals surface area contributed by atoms with E-state index in [1.807, 2.05) is 0 Å². The summed E-state index contributed by atoms with van der Waals surface area (Å²) >= 11 is 0. The summed E-state index contributed by atoms with van der Waals surface area (Å²) < 4.78 is 5.15. The number of hydrogen-bond acceptors (Lipinski definition) is 3. The van der Waals surface area contributed by atoms with Crippen LogP contribution in [0, 0.1) is 17.2 Å². The topological polar surface area (TPSA) is 36.3 Å². The van der Waals surface area contributed by atoms with Crippen LogP contribution in [0.3, 0.4) is 0 Å². The van der Waals surface area contributed by atoms with Crippen LogP contribution in [0.15, 0.2) is 0 Å². The Hall–Kier alpha value is -0.590. The summed E-state index contributed by atoms with van der Waals surface area (Å²) in [5.41, 5.74) is 0. The molecular formula is C12H20N2O. The summed E-state index contributed by atoms with van der Waals surface area (Å²) in [7, 11) is 1.75. The molecule has 0 heterocycles. The highest BCUT2D eigenvalue weighted by atomic mass is 16.5. The van der Waals surface area contributed by atoms with Crippen molar-refractivity contribution >= 4 is 0 Å². The van der Waals surface area contributed by atoms with Gasteiger partial charge in [0.05, 0.1) is 18.6 Å². The predicted molar refractivity (Wildman–Crippen MR) is 58.3 cm³/mol. The van der Waals surface area contributed by atoms with E-state index in [1.54, 1.807) is 7.11 Å². The molecule has 0 spiro atoms. The first kappa shape index (κ1) is 10.9. The highest BCUT2D eigenvalue weighted by molar-refractivity contribution is 5.01. The molecule has 2 rings (SSSR count). The molecule has 3 heteroatoms. The third-order valence-electron chi connectivity index (χ3n) is 3.64. The molecule has 0 aromatic carbocycles. The molecule has 2 fully saturated rings. The third kappa shape index (κ3) is 2.50. The van der Waals surface area contributed by atoms with Crippen molar-refractivity contribution in [2.45, 2.75) is 44.2 Å². The molecule has 2 aliphatic carbocycles. The first-order valence-electron chi connectivity index (χ1n) is 6.01. The van der Waals surface area contributed by atoms with Crippen molar-refractivity contribution in [2.75, 3.05) is 20.3 Å². The summed E-state index contributed by atoms with van der Waals surface area (Å²) in [6, 6.07) is 3.73. The van der Waals surface area contributed by atoms with Gasteiger partial charge in [-0.05, 0) is 25.7 Å². The van der Waals surface area contributed by atoms with E-state index >= 15 is 0 Å². The van der Waals surface area contributed by atoms with Gasteiger partial charge in [0.2, 0.25) is 0 Å². The second-order valence-electron chi connectivity index (χ2n) is 4.70. The van der Waals surface area contributed by atoms with E-state index in [9.17, 15) is 0 Å². The third-order valence-corrected chi connectivity index (χ3v) is 3.64. The van der Waals surface area contributed by atoms with Gasteiger partial charge in [-0.15, -0.1) is 0 Å². The van der Waals surface area contributed by atoms with Crippen LogP contribution in [0.2, 0.25) is 0 Å². The maximum atomic E-state index is 9.11. The van der Waals surface area contributed by atoms with Crippen LogP contribution in [0.25, 0.3) is 0 Å². The average molecular weight is 208 g/mol. The van der Waals surface area contributed by atoms with Crippen molar-refractivity contribution in [1.29, 1.82) is 5.26 Å². The van der Waals surface area contributed by atoms with E-state index in [1.165, 1.54) is 25.7 Å². The molecule has 0 saturated heterocycles. The van der Waals surface area contributed by atoms with Gasteiger partial charge < -0.3 is 4.74 Å². The van der Waals surface area contributed by atoms with Crippen LogP contribution in [0.5, 0.6) is 0 Å². The van der Waals surface area contributed by atoms with E-state index in [4.69, 9.17) is 10.00 Å². The fourth-order valence-corrected chi connectivity index (χ4v) is 2.71. The quantitative estimate of drug-likeness (QED) is 0.691. The molecule has 2 unspecified atom stereocenters. The molecule has 0 bridgehead atoms. The van der Waals surface area contributed by atoms with Gasteiger partial charge in [0, 0.05) is 25.7 Å². The zero-order chi connectivity index (χ0) is 10.7. The van der Waals surface area contributed by atoms with Crippen LogP contribution in [-0.2, 0) is 4.74 Å². The lowest BCUT2D eigenvalue weighted by atomic mass is 10.0. The Balaban J connectivity index is 1.94. The van der Waals surface area contributed by atoms with Crippen LogP contribution in [0.1, 0.15) is 32.1 Å². The molecule has 2 saturated carbocycles. The lowest BCUT2D eigenvalue weighted by Crippen LogP contribution is -2.41. The van der Waals surface area contributed by atoms with Crippen LogP contribution >= 0.6 is 0 Å². The van der Waals surface area contributed by atoms with Gasteiger partial charge in [-0.3, -0.25) is 4.90 Å². The van der Waals surface area contributed by atoms with E-state index < -0.39 is 0 Å². The minimum Gasteiger partial charge on any atom is -0.383 e. The number of hydrogen-bond donors (Lipinski definition) is 0. The Morgan fingerprint density at radius 2 is 2.13 bits per heavy atom. The van der Waals surface area contributed by atoms with Gasteiger partial charge in [0.15, 0.2) is 0 Å². The second kappa shape index (κ2) is 4.96. The summed E-state index contributed by atoms with van der Waals surface area (Å²) in [5, 5.41) is 9.11. The van der Waals surface area contributed by atoms with Crippen molar-refractivity contribution in [3.8, 4) is 6.07 Å². The Bertz CT molecular complexity index is 244. The summed E-state index contributed by atoms with van der Waals surface area (Å²) in [4.78, 5) is 2.53. The molecule has 0 N–H and O–H groups in total. The molecule has 0 aliphatic heterocycles. The average Bonchev–Trinajstić information content (AvgIpc) is 2.97. The number of nitrogens with zero attached hydrogens (tertiary/aromatic N) is 2. The van der Waals surface area contributed by atoms with Crippen molar-refractivity contribution < 1.29 is 4.74 Å². The van der Waals surface area contributed by atoms with E-state index in [2.05, 4.69) is 11.0 Å². The Morgan fingerprint density at radius 1 is 1.33 bits per heavy atom. The minimum absolute atomic E-state index is 0.266. The molecule has 0 aromatic heterocycles. The molecule has 0 amide bonds. The number of nitriles is 1. The Morgan fingerprint density at radius 3 is 2.73 bits per heavy atom. The monoisotopic (exact) mass is 208 g/mol. The zero-order valence-corrected chi connectivity index (χ0v) is 9.48. The maximum absolute atomic E-state index is 9.11.